The third kappa shape index (κ3) is 5.15. The Kier molecular flexibility index (Phi) is 5.78. The van der Waals surface area contributed by atoms with Gasteiger partial charge >= 0.3 is 0 Å². The van der Waals surface area contributed by atoms with Gasteiger partial charge < -0.3 is 10.6 Å². The predicted octanol–water partition coefficient (Wildman–Crippen LogP) is 3.71. The van der Waals surface area contributed by atoms with Crippen LogP contribution in [0.4, 0.5) is 10.1 Å². The quantitative estimate of drug-likeness (QED) is 0.639. The molecule has 1 aromatic heterocycles. The molecule has 0 saturated heterocycles. The van der Waals surface area contributed by atoms with Crippen LogP contribution >= 0.6 is 35.4 Å². The summed E-state index contributed by atoms with van der Waals surface area (Å²) in [4.78, 5) is 0. The van der Waals surface area contributed by atoms with Crippen molar-refractivity contribution in [2.24, 2.45) is 0 Å². The van der Waals surface area contributed by atoms with Gasteiger partial charge in [0.1, 0.15) is 5.82 Å². The summed E-state index contributed by atoms with van der Waals surface area (Å²) in [6.45, 7) is 1.42. The van der Waals surface area contributed by atoms with E-state index in [4.69, 9.17) is 35.4 Å². The fraction of sp³-hybridized carbons (Fsp3) is 0.231. The summed E-state index contributed by atoms with van der Waals surface area (Å²) in [6.07, 6.45) is 4.20. The topological polar surface area (TPSA) is 41.9 Å². The highest BCUT2D eigenvalue weighted by atomic mass is 35.5. The van der Waals surface area contributed by atoms with E-state index in [1.54, 1.807) is 23.1 Å². The third-order valence-electron chi connectivity index (χ3n) is 2.63. The van der Waals surface area contributed by atoms with Crippen LogP contribution in [0.25, 0.3) is 0 Å². The largest absolute Gasteiger partial charge is 0.362 e. The Hall–Kier alpha value is -1.37. The van der Waals surface area contributed by atoms with Gasteiger partial charge in [-0.1, -0.05) is 23.2 Å². The molecule has 0 atom stereocenters. The van der Waals surface area contributed by atoms with Crippen LogP contribution in [0.1, 0.15) is 6.42 Å². The molecule has 8 heteroatoms. The van der Waals surface area contributed by atoms with Crippen molar-refractivity contribution in [3.05, 3.63) is 46.5 Å². The molecule has 0 bridgehead atoms. The minimum atomic E-state index is -0.459. The van der Waals surface area contributed by atoms with E-state index in [-0.39, 0.29) is 5.02 Å². The van der Waals surface area contributed by atoms with Crippen LogP contribution in [-0.2, 0) is 6.54 Å². The molecule has 0 fully saturated rings. The Morgan fingerprint density at radius 2 is 2.19 bits per heavy atom. The molecule has 0 aliphatic carbocycles. The summed E-state index contributed by atoms with van der Waals surface area (Å²) < 4.78 is 14.8. The molecule has 1 heterocycles. The molecule has 0 spiro atoms. The second-order valence-corrected chi connectivity index (χ2v) is 5.54. The monoisotopic (exact) mass is 346 g/mol. The Bertz CT molecular complexity index is 632. The van der Waals surface area contributed by atoms with E-state index in [2.05, 4.69) is 15.7 Å². The van der Waals surface area contributed by atoms with Gasteiger partial charge in [-0.15, -0.1) is 0 Å². The average molecular weight is 347 g/mol. The molecule has 0 amide bonds. The van der Waals surface area contributed by atoms with Crippen molar-refractivity contribution in [2.75, 3.05) is 11.9 Å². The number of benzene rings is 1. The van der Waals surface area contributed by atoms with E-state index in [1.165, 1.54) is 12.1 Å². The number of nitrogens with zero attached hydrogens (tertiary/aromatic N) is 2. The van der Waals surface area contributed by atoms with E-state index in [9.17, 15) is 4.39 Å². The molecule has 2 rings (SSSR count). The molecule has 112 valence electrons. The van der Waals surface area contributed by atoms with E-state index in [0.29, 0.717) is 22.4 Å². The molecule has 1 aromatic carbocycles. The van der Waals surface area contributed by atoms with Gasteiger partial charge in [0.25, 0.3) is 0 Å². The van der Waals surface area contributed by atoms with Crippen molar-refractivity contribution >= 4 is 46.2 Å². The van der Waals surface area contributed by atoms with Crippen molar-refractivity contribution in [3.63, 3.8) is 0 Å². The molecule has 0 unspecified atom stereocenters. The number of halogens is 3. The zero-order valence-electron chi connectivity index (χ0n) is 10.9. The van der Waals surface area contributed by atoms with Gasteiger partial charge in [0.05, 0.1) is 16.2 Å². The smallest absolute Gasteiger partial charge is 0.170 e. The summed E-state index contributed by atoms with van der Waals surface area (Å²) in [7, 11) is 0. The second kappa shape index (κ2) is 7.59. The zero-order chi connectivity index (χ0) is 15.2. The number of anilines is 1. The highest BCUT2D eigenvalue weighted by molar-refractivity contribution is 7.80. The van der Waals surface area contributed by atoms with Crippen LogP contribution in [0.3, 0.4) is 0 Å². The molecule has 0 radical (unpaired) electrons. The molecule has 2 N–H and O–H groups in total. The summed E-state index contributed by atoms with van der Waals surface area (Å²) in [5.41, 5.74) is 0.637. The van der Waals surface area contributed by atoms with Gasteiger partial charge in [0.15, 0.2) is 5.11 Å². The van der Waals surface area contributed by atoms with Gasteiger partial charge in [0.2, 0.25) is 0 Å². The Labute approximate surface area is 137 Å². The van der Waals surface area contributed by atoms with Gasteiger partial charge in [-0.05, 0) is 36.8 Å². The predicted molar refractivity (Wildman–Crippen MR) is 87.5 cm³/mol. The molecule has 21 heavy (non-hydrogen) atoms. The lowest BCUT2D eigenvalue weighted by atomic mass is 10.3. The van der Waals surface area contributed by atoms with Crippen molar-refractivity contribution in [1.29, 1.82) is 0 Å². The first-order valence-corrected chi connectivity index (χ1v) is 7.39. The van der Waals surface area contributed by atoms with Crippen molar-refractivity contribution in [1.82, 2.24) is 15.1 Å². The fourth-order valence-electron chi connectivity index (χ4n) is 1.65. The maximum Gasteiger partial charge on any atom is 0.170 e. The lowest BCUT2D eigenvalue weighted by Crippen LogP contribution is -2.29. The van der Waals surface area contributed by atoms with Crippen molar-refractivity contribution in [3.8, 4) is 0 Å². The molecular formula is C13H13Cl2FN4S. The summed E-state index contributed by atoms with van der Waals surface area (Å²) in [5.74, 6) is -0.459. The minimum absolute atomic E-state index is 0.0540. The zero-order valence-corrected chi connectivity index (χ0v) is 13.3. The highest BCUT2D eigenvalue weighted by Crippen LogP contribution is 2.19. The van der Waals surface area contributed by atoms with E-state index >= 15 is 0 Å². The number of aryl methyl sites for hydroxylation is 1. The van der Waals surface area contributed by atoms with Gasteiger partial charge in [-0.25, -0.2) is 4.39 Å². The lowest BCUT2D eigenvalue weighted by Gasteiger charge is -2.11. The van der Waals surface area contributed by atoms with Crippen LogP contribution < -0.4 is 10.6 Å². The number of rotatable bonds is 5. The first kappa shape index (κ1) is 16.0. The van der Waals surface area contributed by atoms with E-state index < -0.39 is 5.82 Å². The normalized spacial score (nSPS) is 10.4. The minimum Gasteiger partial charge on any atom is -0.362 e. The maximum absolute atomic E-state index is 13.0. The summed E-state index contributed by atoms with van der Waals surface area (Å²) in [6, 6.07) is 4.34. The number of aromatic nitrogens is 2. The lowest BCUT2D eigenvalue weighted by molar-refractivity contribution is 0.574. The standard InChI is InChI=1S/C13H13Cl2FN4S/c14-9-7-18-20(8-9)5-1-4-17-13(21)19-10-2-3-12(16)11(15)6-10/h2-3,6-8H,1,4-5H2,(H2,17,19,21). The van der Waals surface area contributed by atoms with E-state index in [0.717, 1.165) is 13.0 Å². The van der Waals surface area contributed by atoms with Crippen LogP contribution in [0, 0.1) is 5.82 Å². The first-order valence-electron chi connectivity index (χ1n) is 6.22. The van der Waals surface area contributed by atoms with Crippen LogP contribution in [0.2, 0.25) is 10.0 Å². The van der Waals surface area contributed by atoms with Crippen molar-refractivity contribution in [2.45, 2.75) is 13.0 Å². The Morgan fingerprint density at radius 3 is 2.86 bits per heavy atom. The van der Waals surface area contributed by atoms with Gasteiger partial charge in [-0.3, -0.25) is 4.68 Å². The molecular weight excluding hydrogens is 334 g/mol. The van der Waals surface area contributed by atoms with Gasteiger partial charge in [0, 0.05) is 25.0 Å². The highest BCUT2D eigenvalue weighted by Gasteiger charge is 2.02. The first-order chi connectivity index (χ1) is 10.0. The molecule has 0 aliphatic rings. The number of nitrogens with one attached hydrogen (secondary N) is 2. The third-order valence-corrected chi connectivity index (χ3v) is 3.36. The number of hydrogen-bond acceptors (Lipinski definition) is 2. The molecule has 0 saturated carbocycles. The van der Waals surface area contributed by atoms with Crippen LogP contribution in [-0.4, -0.2) is 21.4 Å². The Balaban J connectivity index is 1.71. The number of hydrogen-bond donors (Lipinski definition) is 2. The second-order valence-electron chi connectivity index (χ2n) is 4.28. The van der Waals surface area contributed by atoms with Gasteiger partial charge in [-0.2, -0.15) is 5.10 Å². The average Bonchev–Trinajstić information content (AvgIpc) is 2.85. The maximum atomic E-state index is 13.0. The molecule has 0 aliphatic heterocycles. The van der Waals surface area contributed by atoms with E-state index in [1.807, 2.05) is 0 Å². The fourth-order valence-corrected chi connectivity index (χ4v) is 2.21. The summed E-state index contributed by atoms with van der Waals surface area (Å²) >= 11 is 16.6. The van der Waals surface area contributed by atoms with Crippen LogP contribution in [0.5, 0.6) is 0 Å². The molecule has 4 nitrogen and oxygen atoms in total. The Morgan fingerprint density at radius 1 is 1.38 bits per heavy atom. The van der Waals surface area contributed by atoms with Crippen LogP contribution in [0.15, 0.2) is 30.6 Å². The molecule has 2 aromatic rings. The SMILES string of the molecule is Fc1ccc(NC(=S)NCCCn2cc(Cl)cn2)cc1Cl. The summed E-state index contributed by atoms with van der Waals surface area (Å²) in [5, 5.41) is 11.2. The van der Waals surface area contributed by atoms with Crippen molar-refractivity contribution < 1.29 is 4.39 Å². The number of thiocarbonyl (C=S) groups is 1.